The molecular formula is C7H15NO. The molecule has 0 aromatic carbocycles. The predicted molar refractivity (Wildman–Crippen MR) is 39.3 cm³/mol. The SMILES string of the molecule is C=CCOCCCCN. The molecule has 0 heterocycles. The average Bonchev–Trinajstić information content (AvgIpc) is 1.89. The second-order valence-electron chi connectivity index (χ2n) is 1.86. The van der Waals surface area contributed by atoms with E-state index in [0.29, 0.717) is 6.61 Å². The van der Waals surface area contributed by atoms with Crippen molar-refractivity contribution in [2.24, 2.45) is 5.73 Å². The van der Waals surface area contributed by atoms with Crippen molar-refractivity contribution >= 4 is 0 Å². The van der Waals surface area contributed by atoms with Crippen LogP contribution in [0.25, 0.3) is 0 Å². The molecule has 0 aliphatic heterocycles. The van der Waals surface area contributed by atoms with Crippen molar-refractivity contribution in [3.05, 3.63) is 12.7 Å². The van der Waals surface area contributed by atoms with Gasteiger partial charge in [0.05, 0.1) is 6.61 Å². The highest BCUT2D eigenvalue weighted by molar-refractivity contribution is 4.63. The minimum Gasteiger partial charge on any atom is -0.377 e. The van der Waals surface area contributed by atoms with E-state index in [2.05, 4.69) is 6.58 Å². The highest BCUT2D eigenvalue weighted by Crippen LogP contribution is 1.86. The minimum atomic E-state index is 0.657. The van der Waals surface area contributed by atoms with Crippen LogP contribution in [-0.4, -0.2) is 19.8 Å². The monoisotopic (exact) mass is 129 g/mol. The molecular weight excluding hydrogens is 114 g/mol. The Labute approximate surface area is 56.7 Å². The maximum atomic E-state index is 5.27. The first kappa shape index (κ1) is 8.66. The number of rotatable bonds is 6. The van der Waals surface area contributed by atoms with Gasteiger partial charge in [-0.25, -0.2) is 0 Å². The summed E-state index contributed by atoms with van der Waals surface area (Å²) in [4.78, 5) is 0. The Kier molecular flexibility index (Phi) is 7.37. The molecule has 54 valence electrons. The average molecular weight is 129 g/mol. The van der Waals surface area contributed by atoms with Crippen LogP contribution in [0.1, 0.15) is 12.8 Å². The van der Waals surface area contributed by atoms with Crippen LogP contribution in [0.4, 0.5) is 0 Å². The van der Waals surface area contributed by atoms with E-state index >= 15 is 0 Å². The first-order valence-corrected chi connectivity index (χ1v) is 3.30. The molecule has 2 N–H and O–H groups in total. The maximum absolute atomic E-state index is 5.27. The molecule has 0 rings (SSSR count). The van der Waals surface area contributed by atoms with E-state index in [1.54, 1.807) is 6.08 Å². The van der Waals surface area contributed by atoms with E-state index in [9.17, 15) is 0 Å². The summed E-state index contributed by atoms with van der Waals surface area (Å²) in [5, 5.41) is 0. The fourth-order valence-electron chi connectivity index (χ4n) is 0.515. The Morgan fingerprint density at radius 3 is 2.78 bits per heavy atom. The third kappa shape index (κ3) is 7.66. The summed E-state index contributed by atoms with van der Waals surface area (Å²) in [6, 6.07) is 0. The van der Waals surface area contributed by atoms with Gasteiger partial charge in [-0.2, -0.15) is 0 Å². The van der Waals surface area contributed by atoms with E-state index in [4.69, 9.17) is 10.5 Å². The number of unbranched alkanes of at least 4 members (excludes halogenated alkanes) is 1. The molecule has 0 aromatic heterocycles. The van der Waals surface area contributed by atoms with Gasteiger partial charge < -0.3 is 10.5 Å². The summed E-state index contributed by atoms with van der Waals surface area (Å²) < 4.78 is 5.11. The normalized spacial score (nSPS) is 9.44. The summed E-state index contributed by atoms with van der Waals surface area (Å²) in [6.45, 7) is 5.76. The molecule has 0 atom stereocenters. The van der Waals surface area contributed by atoms with Gasteiger partial charge in [0.1, 0.15) is 0 Å². The predicted octanol–water partition coefficient (Wildman–Crippen LogP) is 0.928. The van der Waals surface area contributed by atoms with Gasteiger partial charge in [-0.05, 0) is 19.4 Å². The smallest absolute Gasteiger partial charge is 0.0644 e. The van der Waals surface area contributed by atoms with Gasteiger partial charge in [0.25, 0.3) is 0 Å². The van der Waals surface area contributed by atoms with Crippen molar-refractivity contribution in [1.29, 1.82) is 0 Å². The van der Waals surface area contributed by atoms with Gasteiger partial charge in [-0.15, -0.1) is 6.58 Å². The second kappa shape index (κ2) is 7.66. The lowest BCUT2D eigenvalue weighted by molar-refractivity contribution is 0.158. The first-order chi connectivity index (χ1) is 4.41. The molecule has 0 saturated heterocycles. The molecule has 0 saturated carbocycles. The quantitative estimate of drug-likeness (QED) is 0.427. The largest absolute Gasteiger partial charge is 0.377 e. The molecule has 0 aliphatic carbocycles. The van der Waals surface area contributed by atoms with Crippen LogP contribution in [0.3, 0.4) is 0 Å². The van der Waals surface area contributed by atoms with Gasteiger partial charge in [-0.3, -0.25) is 0 Å². The highest BCUT2D eigenvalue weighted by Gasteiger charge is 1.83. The van der Waals surface area contributed by atoms with Gasteiger partial charge in [0.15, 0.2) is 0 Å². The summed E-state index contributed by atoms with van der Waals surface area (Å²) in [6.07, 6.45) is 3.87. The molecule has 0 fully saturated rings. The molecule has 2 heteroatoms. The number of ether oxygens (including phenoxy) is 1. The molecule has 0 aliphatic rings. The molecule has 0 amide bonds. The summed E-state index contributed by atoms with van der Waals surface area (Å²) in [5.74, 6) is 0. The van der Waals surface area contributed by atoms with E-state index < -0.39 is 0 Å². The minimum absolute atomic E-state index is 0.657. The van der Waals surface area contributed by atoms with Crippen molar-refractivity contribution in [3.8, 4) is 0 Å². The number of hydrogen-bond acceptors (Lipinski definition) is 2. The van der Waals surface area contributed by atoms with Crippen molar-refractivity contribution in [3.63, 3.8) is 0 Å². The Bertz CT molecular complexity index is 63.9. The Morgan fingerprint density at radius 1 is 1.44 bits per heavy atom. The standard InChI is InChI=1S/C7H15NO/c1-2-6-9-7-4-3-5-8/h2H,1,3-8H2. The Balaban J connectivity index is 2.66. The molecule has 0 radical (unpaired) electrons. The zero-order valence-electron chi connectivity index (χ0n) is 5.81. The molecule has 9 heavy (non-hydrogen) atoms. The van der Waals surface area contributed by atoms with Gasteiger partial charge >= 0.3 is 0 Å². The van der Waals surface area contributed by atoms with Crippen molar-refractivity contribution in [2.75, 3.05) is 19.8 Å². The number of hydrogen-bond donors (Lipinski definition) is 1. The van der Waals surface area contributed by atoms with E-state index in [1.165, 1.54) is 0 Å². The third-order valence-electron chi connectivity index (χ3n) is 0.979. The lowest BCUT2D eigenvalue weighted by atomic mass is 10.3. The van der Waals surface area contributed by atoms with E-state index in [1.807, 2.05) is 0 Å². The lowest BCUT2D eigenvalue weighted by Gasteiger charge is -1.97. The van der Waals surface area contributed by atoms with Crippen LogP contribution in [0.15, 0.2) is 12.7 Å². The van der Waals surface area contributed by atoms with Crippen molar-refractivity contribution in [2.45, 2.75) is 12.8 Å². The number of nitrogens with two attached hydrogens (primary N) is 1. The van der Waals surface area contributed by atoms with Gasteiger partial charge in [0.2, 0.25) is 0 Å². The Hall–Kier alpha value is -0.340. The fraction of sp³-hybridized carbons (Fsp3) is 0.714. The lowest BCUT2D eigenvalue weighted by Crippen LogP contribution is -2.01. The zero-order valence-corrected chi connectivity index (χ0v) is 5.81. The summed E-state index contributed by atoms with van der Waals surface area (Å²) >= 11 is 0. The maximum Gasteiger partial charge on any atom is 0.0644 e. The van der Waals surface area contributed by atoms with Gasteiger partial charge in [0, 0.05) is 6.61 Å². The molecule has 0 aromatic rings. The van der Waals surface area contributed by atoms with Crippen LogP contribution in [0.5, 0.6) is 0 Å². The second-order valence-corrected chi connectivity index (χ2v) is 1.86. The van der Waals surface area contributed by atoms with E-state index in [0.717, 1.165) is 26.0 Å². The van der Waals surface area contributed by atoms with Gasteiger partial charge in [-0.1, -0.05) is 6.08 Å². The van der Waals surface area contributed by atoms with Crippen molar-refractivity contribution < 1.29 is 4.74 Å². The Morgan fingerprint density at radius 2 is 2.22 bits per heavy atom. The zero-order chi connectivity index (χ0) is 6.95. The first-order valence-electron chi connectivity index (χ1n) is 3.30. The van der Waals surface area contributed by atoms with E-state index in [-0.39, 0.29) is 0 Å². The van der Waals surface area contributed by atoms with Crippen LogP contribution in [0.2, 0.25) is 0 Å². The summed E-state index contributed by atoms with van der Waals surface area (Å²) in [7, 11) is 0. The third-order valence-corrected chi connectivity index (χ3v) is 0.979. The highest BCUT2D eigenvalue weighted by atomic mass is 16.5. The molecule has 0 spiro atoms. The van der Waals surface area contributed by atoms with Crippen LogP contribution in [-0.2, 0) is 4.74 Å². The van der Waals surface area contributed by atoms with Crippen molar-refractivity contribution in [1.82, 2.24) is 0 Å². The summed E-state index contributed by atoms with van der Waals surface area (Å²) in [5.41, 5.74) is 5.27. The molecule has 2 nitrogen and oxygen atoms in total. The van der Waals surface area contributed by atoms with Crippen LogP contribution in [0, 0.1) is 0 Å². The topological polar surface area (TPSA) is 35.2 Å². The molecule has 0 bridgehead atoms. The van der Waals surface area contributed by atoms with Crippen LogP contribution >= 0.6 is 0 Å². The van der Waals surface area contributed by atoms with Crippen LogP contribution < -0.4 is 5.73 Å². The molecule has 0 unspecified atom stereocenters. The fourth-order valence-corrected chi connectivity index (χ4v) is 0.515.